The summed E-state index contributed by atoms with van der Waals surface area (Å²) in [5.74, 6) is 0.867. The van der Waals surface area contributed by atoms with Crippen LogP contribution in [0.15, 0.2) is 47.6 Å². The van der Waals surface area contributed by atoms with Gasteiger partial charge in [0.2, 0.25) is 0 Å². The molecule has 0 aliphatic carbocycles. The van der Waals surface area contributed by atoms with E-state index < -0.39 is 0 Å². The molecule has 1 atom stereocenters. The zero-order valence-electron chi connectivity index (χ0n) is 13.3. The molecule has 0 bridgehead atoms. The number of hydrogen-bond donors (Lipinski definition) is 3. The number of hydrogen-bond acceptors (Lipinski definition) is 6. The van der Waals surface area contributed by atoms with Crippen molar-refractivity contribution in [2.45, 2.75) is 19.0 Å². The number of thiophene rings is 1. The monoisotopic (exact) mass is 379 g/mol. The largest absolute Gasteiger partial charge is 0.483 e. The molecule has 0 amide bonds. The van der Waals surface area contributed by atoms with Gasteiger partial charge in [0.05, 0.1) is 28.7 Å². The van der Waals surface area contributed by atoms with Crippen LogP contribution in [0.1, 0.15) is 10.6 Å². The molecule has 132 valence electrons. The fraction of sp³-hybridized carbons (Fsp3) is 0.176. The van der Waals surface area contributed by atoms with Crippen LogP contribution in [0.5, 0.6) is 0 Å². The molecule has 3 aromatic rings. The maximum Gasteiger partial charge on any atom is 0.290 e. The summed E-state index contributed by atoms with van der Waals surface area (Å²) in [6.45, 7) is 4.07. The highest BCUT2D eigenvalue weighted by molar-refractivity contribution is 7.19. The van der Waals surface area contributed by atoms with Gasteiger partial charge in [-0.25, -0.2) is 4.98 Å². The lowest BCUT2D eigenvalue weighted by molar-refractivity contribution is -0.122. The summed E-state index contributed by atoms with van der Waals surface area (Å²) in [7, 11) is 0. The van der Waals surface area contributed by atoms with Gasteiger partial charge in [0.1, 0.15) is 10.9 Å². The number of anilines is 1. The summed E-state index contributed by atoms with van der Waals surface area (Å²) in [5, 5.41) is 10.7. The van der Waals surface area contributed by atoms with Gasteiger partial charge in [-0.15, -0.1) is 17.9 Å². The Hall–Kier alpha value is -2.35. The molecule has 0 aliphatic rings. The van der Waals surface area contributed by atoms with Crippen LogP contribution in [0.3, 0.4) is 0 Å². The molecule has 0 saturated heterocycles. The molecule has 0 unspecified atom stereocenters. The Morgan fingerprint density at radius 3 is 2.92 bits per heavy atom. The zero-order valence-corrected chi connectivity index (χ0v) is 14.9. The van der Waals surface area contributed by atoms with Gasteiger partial charge in [-0.05, 0) is 18.2 Å². The van der Waals surface area contributed by atoms with E-state index in [1.807, 2.05) is 24.3 Å². The Morgan fingerprint density at radius 1 is 1.52 bits per heavy atom. The second-order valence-corrected chi connectivity index (χ2v) is 6.59. The van der Waals surface area contributed by atoms with E-state index >= 15 is 0 Å². The van der Waals surface area contributed by atoms with E-state index in [9.17, 15) is 0 Å². The number of carboxylic acid groups (broad SMARTS) is 1. The van der Waals surface area contributed by atoms with E-state index in [0.29, 0.717) is 11.7 Å². The summed E-state index contributed by atoms with van der Waals surface area (Å²) in [5.41, 5.74) is 7.77. The molecular formula is C17H18ClN3O3S. The third-order valence-electron chi connectivity index (χ3n) is 3.27. The normalized spacial score (nSPS) is 11.4. The molecule has 3 aromatic heterocycles. The van der Waals surface area contributed by atoms with Crippen LogP contribution in [-0.2, 0) is 17.8 Å². The quantitative estimate of drug-likeness (QED) is 0.341. The highest BCUT2D eigenvalue weighted by Crippen LogP contribution is 2.33. The number of carbonyl (C=O) groups is 1. The van der Waals surface area contributed by atoms with Crippen molar-refractivity contribution in [1.29, 1.82) is 0 Å². The number of halogens is 1. The molecule has 0 saturated carbocycles. The number of pyridine rings is 1. The van der Waals surface area contributed by atoms with E-state index in [4.69, 9.17) is 31.7 Å². The first-order chi connectivity index (χ1) is 12.1. The minimum absolute atomic E-state index is 0.0527. The van der Waals surface area contributed by atoms with E-state index in [-0.39, 0.29) is 12.5 Å². The first-order valence-corrected chi connectivity index (χ1v) is 8.58. The predicted molar refractivity (Wildman–Crippen MR) is 101 cm³/mol. The Balaban J connectivity index is 0.000000701. The number of fused-ring (bicyclic) bond motifs is 1. The van der Waals surface area contributed by atoms with E-state index in [0.717, 1.165) is 28.1 Å². The van der Waals surface area contributed by atoms with Gasteiger partial charge in [0.25, 0.3) is 6.47 Å². The molecule has 3 heterocycles. The predicted octanol–water partition coefficient (Wildman–Crippen LogP) is 3.91. The van der Waals surface area contributed by atoms with E-state index in [2.05, 4.69) is 16.9 Å². The standard InChI is InChI=1S/C16H16ClN3OS.CH2O2/c1-2-10(18)6-12-7-14-16(22-12)13(8-15(17)20-14)19-9-11-4-3-5-21-11;2-1-3/h2-5,7-8,10H,1,6,9,18H2,(H,19,20);1H,(H,2,3)/t10-;/m0./s1. The maximum absolute atomic E-state index is 8.36. The van der Waals surface area contributed by atoms with Crippen LogP contribution < -0.4 is 11.1 Å². The molecule has 0 aromatic carbocycles. The van der Waals surface area contributed by atoms with Crippen molar-refractivity contribution in [2.75, 3.05) is 5.32 Å². The molecule has 0 fully saturated rings. The van der Waals surface area contributed by atoms with Crippen molar-refractivity contribution in [3.8, 4) is 0 Å². The Morgan fingerprint density at radius 2 is 2.28 bits per heavy atom. The molecular weight excluding hydrogens is 362 g/mol. The molecule has 6 nitrogen and oxygen atoms in total. The topological polar surface area (TPSA) is 101 Å². The average Bonchev–Trinajstić information content (AvgIpc) is 3.22. The molecule has 0 spiro atoms. The fourth-order valence-electron chi connectivity index (χ4n) is 2.18. The molecule has 25 heavy (non-hydrogen) atoms. The number of aromatic nitrogens is 1. The van der Waals surface area contributed by atoms with E-state index in [1.165, 1.54) is 4.88 Å². The highest BCUT2D eigenvalue weighted by Gasteiger charge is 2.11. The maximum atomic E-state index is 8.36. The fourth-order valence-corrected chi connectivity index (χ4v) is 3.54. The Labute approximate surface area is 153 Å². The molecule has 3 rings (SSSR count). The van der Waals surface area contributed by atoms with Crippen molar-refractivity contribution in [1.82, 2.24) is 4.98 Å². The second-order valence-electron chi connectivity index (χ2n) is 5.06. The second kappa shape index (κ2) is 9.22. The van der Waals surface area contributed by atoms with Crippen molar-refractivity contribution in [3.05, 3.63) is 59.0 Å². The van der Waals surface area contributed by atoms with Gasteiger partial charge in [0.15, 0.2) is 0 Å². The van der Waals surface area contributed by atoms with Crippen molar-refractivity contribution in [2.24, 2.45) is 5.73 Å². The lowest BCUT2D eigenvalue weighted by Crippen LogP contribution is -2.18. The van der Waals surface area contributed by atoms with Crippen LogP contribution >= 0.6 is 22.9 Å². The smallest absolute Gasteiger partial charge is 0.290 e. The average molecular weight is 380 g/mol. The first-order valence-electron chi connectivity index (χ1n) is 7.38. The SMILES string of the molecule is C=C[C@H](N)Cc1cc2nc(Cl)cc(NCc3ccco3)c2s1.O=CO. The minimum Gasteiger partial charge on any atom is -0.483 e. The number of nitrogens with zero attached hydrogens (tertiary/aromatic N) is 1. The van der Waals surface area contributed by atoms with Crippen molar-refractivity contribution < 1.29 is 14.3 Å². The number of nitrogens with one attached hydrogen (secondary N) is 1. The zero-order chi connectivity index (χ0) is 18.2. The van der Waals surface area contributed by atoms with Crippen molar-refractivity contribution >= 4 is 45.3 Å². The number of rotatable bonds is 6. The highest BCUT2D eigenvalue weighted by atomic mass is 35.5. The summed E-state index contributed by atoms with van der Waals surface area (Å²) < 4.78 is 6.41. The lowest BCUT2D eigenvalue weighted by atomic mass is 10.2. The molecule has 0 aliphatic heterocycles. The third kappa shape index (κ3) is 5.32. The van der Waals surface area contributed by atoms with Gasteiger partial charge in [0, 0.05) is 23.4 Å². The van der Waals surface area contributed by atoms with Crippen LogP contribution in [0.2, 0.25) is 5.15 Å². The van der Waals surface area contributed by atoms with Gasteiger partial charge >= 0.3 is 0 Å². The van der Waals surface area contributed by atoms with Crippen molar-refractivity contribution in [3.63, 3.8) is 0 Å². The summed E-state index contributed by atoms with van der Waals surface area (Å²) in [6, 6.07) is 7.61. The Bertz CT molecular complexity index is 833. The third-order valence-corrected chi connectivity index (χ3v) is 4.65. The number of nitrogens with two attached hydrogens (primary N) is 1. The van der Waals surface area contributed by atoms with Gasteiger partial charge in [-0.3, -0.25) is 4.79 Å². The molecule has 8 heteroatoms. The van der Waals surface area contributed by atoms with Crippen LogP contribution in [0, 0.1) is 0 Å². The minimum atomic E-state index is -0.250. The van der Waals surface area contributed by atoms with Crippen LogP contribution in [0.4, 0.5) is 5.69 Å². The Kier molecular flexibility index (Phi) is 7.00. The number of furan rings is 1. The van der Waals surface area contributed by atoms with Gasteiger partial charge in [-0.1, -0.05) is 17.7 Å². The molecule has 0 radical (unpaired) electrons. The van der Waals surface area contributed by atoms with Crippen LogP contribution in [-0.4, -0.2) is 22.6 Å². The van der Waals surface area contributed by atoms with Gasteiger partial charge < -0.3 is 20.6 Å². The lowest BCUT2D eigenvalue weighted by Gasteiger charge is -2.06. The summed E-state index contributed by atoms with van der Waals surface area (Å²) in [6.07, 6.45) is 4.16. The molecule has 4 N–H and O–H groups in total. The first kappa shape index (κ1) is 19.0. The van der Waals surface area contributed by atoms with E-state index in [1.54, 1.807) is 23.7 Å². The van der Waals surface area contributed by atoms with Gasteiger partial charge in [-0.2, -0.15) is 0 Å². The summed E-state index contributed by atoms with van der Waals surface area (Å²) >= 11 is 7.79. The summed E-state index contributed by atoms with van der Waals surface area (Å²) in [4.78, 5) is 13.9. The van der Waals surface area contributed by atoms with Crippen LogP contribution in [0.25, 0.3) is 10.2 Å².